The molecule has 2 aliphatic heterocycles. The average Bonchev–Trinajstić information content (AvgIpc) is 3.04. The van der Waals surface area contributed by atoms with E-state index in [1.807, 2.05) is 30.0 Å². The van der Waals surface area contributed by atoms with Crippen LogP contribution < -0.4 is 10.5 Å². The molecule has 1 aromatic heterocycles. The highest BCUT2D eigenvalue weighted by molar-refractivity contribution is 7.98. The summed E-state index contributed by atoms with van der Waals surface area (Å²) in [6, 6.07) is 8.07. The largest absolute Gasteiger partial charge is 0.492 e. The van der Waals surface area contributed by atoms with Crippen molar-refractivity contribution in [3.63, 3.8) is 0 Å². The predicted octanol–water partition coefficient (Wildman–Crippen LogP) is 2.33. The van der Waals surface area contributed by atoms with Crippen LogP contribution in [0.15, 0.2) is 24.3 Å². The number of benzene rings is 1. The summed E-state index contributed by atoms with van der Waals surface area (Å²) in [5.41, 5.74) is 9.42. The zero-order valence-electron chi connectivity index (χ0n) is 10.3. The van der Waals surface area contributed by atoms with Gasteiger partial charge in [0.1, 0.15) is 24.0 Å². The number of nitrogens with zero attached hydrogens (tertiary/aromatic N) is 2. The molecule has 4 rings (SSSR count). The third-order valence-electron chi connectivity index (χ3n) is 3.64. The maximum Gasteiger partial charge on any atom is 0.142 e. The van der Waals surface area contributed by atoms with Crippen molar-refractivity contribution in [3.8, 4) is 5.75 Å². The molecule has 0 aliphatic carbocycles. The van der Waals surface area contributed by atoms with E-state index in [-0.39, 0.29) is 5.92 Å². The van der Waals surface area contributed by atoms with E-state index in [0.717, 1.165) is 39.9 Å². The lowest BCUT2D eigenvalue weighted by Crippen LogP contribution is -2.12. The van der Waals surface area contributed by atoms with E-state index in [0.29, 0.717) is 12.4 Å². The summed E-state index contributed by atoms with van der Waals surface area (Å²) < 4.78 is 5.70. The molecule has 1 aromatic carbocycles. The van der Waals surface area contributed by atoms with Gasteiger partial charge in [-0.3, -0.25) is 0 Å². The van der Waals surface area contributed by atoms with Crippen LogP contribution in [0.2, 0.25) is 0 Å². The first kappa shape index (κ1) is 11.1. The number of anilines is 1. The second-order valence-corrected chi connectivity index (χ2v) is 5.77. The summed E-state index contributed by atoms with van der Waals surface area (Å²) in [6.45, 7) is 0.602. The van der Waals surface area contributed by atoms with Gasteiger partial charge in [-0.15, -0.1) is 0 Å². The number of hydrogen-bond donors (Lipinski definition) is 1. The van der Waals surface area contributed by atoms with Gasteiger partial charge in [-0.2, -0.15) is 11.8 Å². The number of rotatable bonds is 1. The van der Waals surface area contributed by atoms with E-state index in [1.54, 1.807) is 0 Å². The van der Waals surface area contributed by atoms with Crippen molar-refractivity contribution in [2.75, 3.05) is 12.3 Å². The highest BCUT2D eigenvalue weighted by atomic mass is 32.2. The van der Waals surface area contributed by atoms with Crippen molar-refractivity contribution < 1.29 is 4.74 Å². The minimum atomic E-state index is 0.106. The van der Waals surface area contributed by atoms with Gasteiger partial charge in [-0.1, -0.05) is 18.2 Å². The van der Waals surface area contributed by atoms with Crippen molar-refractivity contribution in [3.05, 3.63) is 46.9 Å². The van der Waals surface area contributed by atoms with Gasteiger partial charge in [-0.05, 0) is 6.07 Å². The molecular weight excluding hydrogens is 258 g/mol. The van der Waals surface area contributed by atoms with Crippen LogP contribution in [0.1, 0.15) is 28.6 Å². The Kier molecular flexibility index (Phi) is 2.41. The summed E-state index contributed by atoms with van der Waals surface area (Å²) in [7, 11) is 0. The molecule has 0 bridgehead atoms. The van der Waals surface area contributed by atoms with Crippen LogP contribution in [0.3, 0.4) is 0 Å². The van der Waals surface area contributed by atoms with Gasteiger partial charge >= 0.3 is 0 Å². The van der Waals surface area contributed by atoms with Crippen LogP contribution in [-0.4, -0.2) is 16.6 Å². The number of para-hydroxylation sites is 1. The molecule has 2 aromatic rings. The van der Waals surface area contributed by atoms with E-state index in [2.05, 4.69) is 11.1 Å². The highest BCUT2D eigenvalue weighted by Crippen LogP contribution is 2.38. The molecule has 1 atom stereocenters. The lowest BCUT2D eigenvalue weighted by Gasteiger charge is -2.10. The van der Waals surface area contributed by atoms with Gasteiger partial charge in [0.15, 0.2) is 0 Å². The van der Waals surface area contributed by atoms with E-state index < -0.39 is 0 Å². The van der Waals surface area contributed by atoms with Gasteiger partial charge in [0.25, 0.3) is 0 Å². The van der Waals surface area contributed by atoms with E-state index in [9.17, 15) is 0 Å². The van der Waals surface area contributed by atoms with Crippen LogP contribution in [0.5, 0.6) is 5.75 Å². The molecule has 19 heavy (non-hydrogen) atoms. The minimum absolute atomic E-state index is 0.106. The number of nitrogen functional groups attached to an aromatic ring is 1. The smallest absolute Gasteiger partial charge is 0.142 e. The molecule has 5 heteroatoms. The monoisotopic (exact) mass is 271 g/mol. The number of ether oxygens (including phenoxy) is 1. The van der Waals surface area contributed by atoms with E-state index in [4.69, 9.17) is 15.5 Å². The normalized spacial score (nSPS) is 19.9. The second kappa shape index (κ2) is 4.13. The first-order valence-electron chi connectivity index (χ1n) is 6.27. The highest BCUT2D eigenvalue weighted by Gasteiger charge is 2.29. The fourth-order valence-electron chi connectivity index (χ4n) is 2.63. The number of hydrogen-bond acceptors (Lipinski definition) is 5. The van der Waals surface area contributed by atoms with Gasteiger partial charge in [0.05, 0.1) is 11.6 Å². The molecule has 0 saturated carbocycles. The standard InChI is InChI=1S/C14H13N3OS/c15-13-10-6-19-7-11(10)16-14(17-13)9-5-18-12-4-2-1-3-8(9)12/h1-4,9H,5-7H2,(H2,15,16,17). The maximum atomic E-state index is 6.06. The zero-order valence-corrected chi connectivity index (χ0v) is 11.1. The second-order valence-electron chi connectivity index (χ2n) is 4.79. The minimum Gasteiger partial charge on any atom is -0.492 e. The topological polar surface area (TPSA) is 61.0 Å². The zero-order chi connectivity index (χ0) is 12.8. The molecule has 0 fully saturated rings. The molecule has 2 N–H and O–H groups in total. The Hall–Kier alpha value is -1.75. The van der Waals surface area contributed by atoms with E-state index >= 15 is 0 Å². The quantitative estimate of drug-likeness (QED) is 0.862. The number of aromatic nitrogens is 2. The van der Waals surface area contributed by atoms with Crippen LogP contribution in [0, 0.1) is 0 Å². The molecule has 1 unspecified atom stereocenters. The number of thioether (sulfide) groups is 1. The summed E-state index contributed by atoms with van der Waals surface area (Å²) in [6.07, 6.45) is 0. The summed E-state index contributed by atoms with van der Waals surface area (Å²) in [4.78, 5) is 9.20. The lowest BCUT2D eigenvalue weighted by molar-refractivity contribution is 0.339. The van der Waals surface area contributed by atoms with Crippen LogP contribution in [0.25, 0.3) is 0 Å². The third-order valence-corrected chi connectivity index (χ3v) is 4.61. The molecule has 2 aliphatic rings. The van der Waals surface area contributed by atoms with Crippen molar-refractivity contribution in [1.82, 2.24) is 9.97 Å². The molecule has 96 valence electrons. The Bertz CT molecular complexity index is 659. The first-order valence-corrected chi connectivity index (χ1v) is 7.43. The maximum absolute atomic E-state index is 6.06. The summed E-state index contributed by atoms with van der Waals surface area (Å²) >= 11 is 1.84. The number of nitrogens with two attached hydrogens (primary N) is 1. The Morgan fingerprint density at radius 3 is 3.05 bits per heavy atom. The number of fused-ring (bicyclic) bond motifs is 2. The SMILES string of the molecule is Nc1nc(C2COc3ccccc32)nc2c1CSC2. The van der Waals surface area contributed by atoms with Crippen LogP contribution in [-0.2, 0) is 11.5 Å². The third kappa shape index (κ3) is 1.69. The van der Waals surface area contributed by atoms with Crippen molar-refractivity contribution in [1.29, 1.82) is 0 Å². The Morgan fingerprint density at radius 1 is 1.21 bits per heavy atom. The molecule has 0 amide bonds. The van der Waals surface area contributed by atoms with Gasteiger partial charge in [0.2, 0.25) is 0 Å². The van der Waals surface area contributed by atoms with Crippen LogP contribution in [0.4, 0.5) is 5.82 Å². The Balaban J connectivity index is 1.81. The molecular formula is C14H13N3OS. The molecule has 0 saturated heterocycles. The first-order chi connectivity index (χ1) is 9.33. The summed E-state index contributed by atoms with van der Waals surface area (Å²) in [5, 5.41) is 0. The molecule has 3 heterocycles. The fraction of sp³-hybridized carbons (Fsp3) is 0.286. The predicted molar refractivity (Wildman–Crippen MR) is 75.2 cm³/mol. The summed E-state index contributed by atoms with van der Waals surface area (Å²) in [5.74, 6) is 4.33. The average molecular weight is 271 g/mol. The van der Waals surface area contributed by atoms with Gasteiger partial charge < -0.3 is 10.5 Å². The molecule has 0 radical (unpaired) electrons. The van der Waals surface area contributed by atoms with Crippen molar-refractivity contribution in [2.24, 2.45) is 0 Å². The van der Waals surface area contributed by atoms with Crippen molar-refractivity contribution in [2.45, 2.75) is 17.4 Å². The molecule has 4 nitrogen and oxygen atoms in total. The fourth-order valence-corrected chi connectivity index (χ4v) is 3.68. The van der Waals surface area contributed by atoms with Gasteiger partial charge in [0, 0.05) is 22.6 Å². The van der Waals surface area contributed by atoms with Gasteiger partial charge in [-0.25, -0.2) is 9.97 Å². The van der Waals surface area contributed by atoms with Crippen LogP contribution >= 0.6 is 11.8 Å². The lowest BCUT2D eigenvalue weighted by atomic mass is 10.0. The Labute approximate surface area is 115 Å². The molecule has 0 spiro atoms. The van der Waals surface area contributed by atoms with Crippen molar-refractivity contribution >= 4 is 17.6 Å². The van der Waals surface area contributed by atoms with E-state index in [1.165, 1.54) is 0 Å². The Morgan fingerprint density at radius 2 is 2.11 bits per heavy atom.